The second-order valence-corrected chi connectivity index (χ2v) is 9.16. The predicted molar refractivity (Wildman–Crippen MR) is 138 cm³/mol. The number of anilines is 1. The zero-order chi connectivity index (χ0) is 26.6. The molecule has 1 amide bonds. The zero-order valence-corrected chi connectivity index (χ0v) is 20.9. The first-order chi connectivity index (χ1) is 18.4. The van der Waals surface area contributed by atoms with Crippen LogP contribution in [-0.4, -0.2) is 52.1 Å². The highest BCUT2D eigenvalue weighted by atomic mass is 16.5. The number of carbonyl (C=O) groups excluding carboxylic acids is 2. The van der Waals surface area contributed by atoms with Gasteiger partial charge in [-0.25, -0.2) is 4.98 Å². The fourth-order valence-corrected chi connectivity index (χ4v) is 5.03. The van der Waals surface area contributed by atoms with E-state index in [1.54, 1.807) is 54.7 Å². The molecule has 0 bridgehead atoms. The molecular weight excluding hydrogens is 488 g/mol. The summed E-state index contributed by atoms with van der Waals surface area (Å²) >= 11 is 0. The zero-order valence-electron chi connectivity index (χ0n) is 20.9. The lowest BCUT2D eigenvalue weighted by Crippen LogP contribution is -2.30. The summed E-state index contributed by atoms with van der Waals surface area (Å²) in [6.07, 6.45) is 2.27. The van der Waals surface area contributed by atoms with Crippen molar-refractivity contribution in [1.29, 1.82) is 0 Å². The maximum atomic E-state index is 13.5. The molecule has 192 valence electrons. The molecule has 2 N–H and O–H groups in total. The summed E-state index contributed by atoms with van der Waals surface area (Å²) in [5.41, 5.74) is 2.75. The van der Waals surface area contributed by atoms with E-state index in [2.05, 4.69) is 15.0 Å². The number of imidazole rings is 1. The fourth-order valence-electron chi connectivity index (χ4n) is 5.03. The summed E-state index contributed by atoms with van der Waals surface area (Å²) < 4.78 is 16.5. The highest BCUT2D eigenvalue weighted by Crippen LogP contribution is 2.42. The van der Waals surface area contributed by atoms with Crippen LogP contribution < -0.4 is 19.1 Å². The normalized spacial score (nSPS) is 20.0. The Morgan fingerprint density at radius 3 is 2.63 bits per heavy atom. The van der Waals surface area contributed by atoms with Crippen molar-refractivity contribution in [2.45, 2.75) is 25.5 Å². The van der Waals surface area contributed by atoms with E-state index in [0.717, 1.165) is 11.3 Å². The highest BCUT2D eigenvalue weighted by Gasteiger charge is 2.49. The van der Waals surface area contributed by atoms with Gasteiger partial charge in [0.25, 0.3) is 5.78 Å². The first-order valence-electron chi connectivity index (χ1n) is 12.0. The van der Waals surface area contributed by atoms with Gasteiger partial charge in [-0.05, 0) is 42.8 Å². The average molecular weight is 513 g/mol. The van der Waals surface area contributed by atoms with E-state index in [1.165, 1.54) is 19.1 Å². The fraction of sp³-hybridized carbons (Fsp3) is 0.214. The van der Waals surface area contributed by atoms with Crippen molar-refractivity contribution in [3.8, 4) is 17.2 Å². The van der Waals surface area contributed by atoms with Gasteiger partial charge in [0.15, 0.2) is 11.5 Å². The summed E-state index contributed by atoms with van der Waals surface area (Å²) in [5.74, 6) is -0.141. The predicted octanol–water partition coefficient (Wildman–Crippen LogP) is 3.92. The van der Waals surface area contributed by atoms with Crippen LogP contribution in [0.3, 0.4) is 0 Å². The summed E-state index contributed by atoms with van der Waals surface area (Å²) in [6, 6.07) is 12.8. The second kappa shape index (κ2) is 8.91. The van der Waals surface area contributed by atoms with Crippen LogP contribution in [0.2, 0.25) is 0 Å². The van der Waals surface area contributed by atoms with Crippen molar-refractivity contribution < 1.29 is 28.9 Å². The first-order valence-corrected chi connectivity index (χ1v) is 12.0. The van der Waals surface area contributed by atoms with Crippen molar-refractivity contribution in [2.75, 3.05) is 19.1 Å². The Morgan fingerprint density at radius 2 is 1.89 bits per heavy atom. The number of pyridine rings is 1. The molecule has 4 heterocycles. The monoisotopic (exact) mass is 512 g/mol. The molecule has 2 atom stereocenters. The molecule has 38 heavy (non-hydrogen) atoms. The molecule has 0 aliphatic carbocycles. The lowest BCUT2D eigenvalue weighted by Gasteiger charge is -2.22. The molecule has 2 aliphatic heterocycles. The molecule has 2 aliphatic rings. The number of ether oxygens (including phenoxy) is 3. The van der Waals surface area contributed by atoms with Gasteiger partial charge in [-0.15, -0.1) is 0 Å². The Labute approximate surface area is 217 Å². The number of nitrogens with zero attached hydrogens (tertiary/aromatic N) is 3. The Bertz CT molecular complexity index is 1590. The van der Waals surface area contributed by atoms with Gasteiger partial charge in [0.1, 0.15) is 23.7 Å². The Morgan fingerprint density at radius 1 is 1.11 bits per heavy atom. The molecule has 0 radical (unpaired) electrons. The van der Waals surface area contributed by atoms with Gasteiger partial charge in [-0.2, -0.15) is 0 Å². The molecule has 2 aromatic heterocycles. The molecule has 6 rings (SSSR count). The van der Waals surface area contributed by atoms with Crippen LogP contribution >= 0.6 is 0 Å². The number of aromatic amines is 1. The number of hydrogen-bond acceptors (Lipinski definition) is 8. The standard InChI is InChI=1S/C28H24N4O6/c1-14-10-16-11-15(7-8-20(16)38-14)25(33)23-24(17-6-4-5-9-29-17)32(27(35)26(23)34)28-30-18-12-21(36-2)22(37-3)13-19(18)31-28/h4-9,11-14,24,33H,10H2,1-3H3,(H,30,31)/b25-23+. The molecule has 10 nitrogen and oxygen atoms in total. The smallest absolute Gasteiger partial charge is 0.302 e. The molecular formula is C28H24N4O6. The van der Waals surface area contributed by atoms with Crippen LogP contribution in [0.15, 0.2) is 60.3 Å². The average Bonchev–Trinajstić information content (AvgIpc) is 3.59. The maximum Gasteiger partial charge on any atom is 0.302 e. The molecule has 0 saturated carbocycles. The topological polar surface area (TPSA) is 127 Å². The maximum absolute atomic E-state index is 13.5. The van der Waals surface area contributed by atoms with Crippen LogP contribution in [0.5, 0.6) is 17.2 Å². The molecule has 2 aromatic carbocycles. The van der Waals surface area contributed by atoms with Gasteiger partial charge in [0.2, 0.25) is 5.95 Å². The van der Waals surface area contributed by atoms with E-state index in [9.17, 15) is 14.7 Å². The van der Waals surface area contributed by atoms with Gasteiger partial charge in [-0.1, -0.05) is 6.07 Å². The second-order valence-electron chi connectivity index (χ2n) is 9.16. The van der Waals surface area contributed by atoms with Crippen LogP contribution in [0.1, 0.15) is 29.8 Å². The van der Waals surface area contributed by atoms with E-state index in [4.69, 9.17) is 14.2 Å². The number of hydrogen-bond donors (Lipinski definition) is 2. The summed E-state index contributed by atoms with van der Waals surface area (Å²) in [4.78, 5) is 40.2. The van der Waals surface area contributed by atoms with E-state index in [0.29, 0.717) is 40.2 Å². The van der Waals surface area contributed by atoms with Crippen LogP contribution in [0.25, 0.3) is 16.8 Å². The molecule has 10 heteroatoms. The van der Waals surface area contributed by atoms with E-state index in [1.807, 2.05) is 6.92 Å². The number of methoxy groups -OCH3 is 2. The number of Topliss-reactive ketones (excluding diaryl/α,β-unsaturated/α-hetero) is 1. The molecule has 1 saturated heterocycles. The number of aliphatic hydroxyl groups excluding tert-OH is 1. The van der Waals surface area contributed by atoms with Gasteiger partial charge in [0, 0.05) is 30.3 Å². The highest BCUT2D eigenvalue weighted by molar-refractivity contribution is 6.51. The SMILES string of the molecule is COc1cc2nc(N3C(=O)C(=O)/C(=C(/O)c4ccc5c(c4)CC(C)O5)C3c3ccccn3)[nH]c2cc1OC. The lowest BCUT2D eigenvalue weighted by atomic mass is 9.97. The number of nitrogens with one attached hydrogen (secondary N) is 1. The minimum Gasteiger partial charge on any atom is -0.507 e. The van der Waals surface area contributed by atoms with Gasteiger partial charge >= 0.3 is 5.91 Å². The summed E-state index contributed by atoms with van der Waals surface area (Å²) in [6.45, 7) is 1.96. The number of aromatic nitrogens is 3. The number of ketones is 1. The number of fused-ring (bicyclic) bond motifs is 2. The number of carbonyl (C=O) groups is 2. The summed E-state index contributed by atoms with van der Waals surface area (Å²) in [7, 11) is 3.04. The van der Waals surface area contributed by atoms with Gasteiger partial charge in [0.05, 0.1) is 36.5 Å². The number of benzene rings is 2. The molecule has 4 aromatic rings. The third-order valence-corrected chi connectivity index (χ3v) is 6.78. The van der Waals surface area contributed by atoms with Crippen LogP contribution in [0.4, 0.5) is 5.95 Å². The largest absolute Gasteiger partial charge is 0.507 e. The molecule has 1 fully saturated rings. The van der Waals surface area contributed by atoms with Gasteiger partial charge in [-0.3, -0.25) is 19.5 Å². The van der Waals surface area contributed by atoms with Crippen molar-refractivity contribution in [3.63, 3.8) is 0 Å². The quantitative estimate of drug-likeness (QED) is 0.234. The van der Waals surface area contributed by atoms with Gasteiger partial charge < -0.3 is 24.3 Å². The minimum atomic E-state index is -1.01. The van der Waals surface area contributed by atoms with Crippen molar-refractivity contribution in [2.24, 2.45) is 0 Å². The van der Waals surface area contributed by atoms with Crippen molar-refractivity contribution in [3.05, 3.63) is 77.1 Å². The number of H-pyrrole nitrogens is 1. The first kappa shape index (κ1) is 23.5. The molecule has 0 spiro atoms. The van der Waals surface area contributed by atoms with E-state index >= 15 is 0 Å². The number of rotatable bonds is 5. The van der Waals surface area contributed by atoms with E-state index < -0.39 is 17.7 Å². The number of aliphatic hydroxyl groups is 1. The van der Waals surface area contributed by atoms with Crippen molar-refractivity contribution in [1.82, 2.24) is 15.0 Å². The van der Waals surface area contributed by atoms with Crippen LogP contribution in [-0.2, 0) is 16.0 Å². The lowest BCUT2D eigenvalue weighted by molar-refractivity contribution is -0.132. The Kier molecular flexibility index (Phi) is 5.52. The summed E-state index contributed by atoms with van der Waals surface area (Å²) in [5, 5.41) is 11.4. The minimum absolute atomic E-state index is 0.0202. The Balaban J connectivity index is 1.52. The number of amides is 1. The van der Waals surface area contributed by atoms with E-state index in [-0.39, 0.29) is 23.4 Å². The molecule has 2 unspecified atom stereocenters. The van der Waals surface area contributed by atoms with Crippen molar-refractivity contribution >= 4 is 34.4 Å². The third kappa shape index (κ3) is 3.64. The Hall–Kier alpha value is -4.86. The third-order valence-electron chi connectivity index (χ3n) is 6.78. The van der Waals surface area contributed by atoms with Crippen LogP contribution in [0, 0.1) is 0 Å².